The molecule has 1 N–H and O–H groups in total. The van der Waals surface area contributed by atoms with E-state index < -0.39 is 0 Å². The van der Waals surface area contributed by atoms with Crippen LogP contribution in [0.3, 0.4) is 0 Å². The number of nitrogens with zero attached hydrogens (tertiary/aromatic N) is 1. The Kier molecular flexibility index (Phi) is 4.02. The highest BCUT2D eigenvalue weighted by molar-refractivity contribution is 6.29. The second-order valence-electron chi connectivity index (χ2n) is 5.77. The maximum atomic E-state index is 5.83. The zero-order chi connectivity index (χ0) is 17.2. The molecule has 0 unspecified atom stereocenters. The van der Waals surface area contributed by atoms with Crippen molar-refractivity contribution in [2.24, 2.45) is 4.99 Å². The molecule has 0 bridgehead atoms. The monoisotopic (exact) mass is 332 g/mol. The molecule has 0 saturated carbocycles. The largest absolute Gasteiger partial charge is 0.479 e. The maximum absolute atomic E-state index is 5.83. The molecule has 1 aliphatic heterocycles. The van der Waals surface area contributed by atoms with E-state index in [4.69, 9.17) is 9.47 Å². The molecule has 1 aliphatic rings. The number of aliphatic imine (C=N–C) groups is 1. The average molecular weight is 332 g/mol. The first-order valence-corrected chi connectivity index (χ1v) is 8.58. The van der Waals surface area contributed by atoms with Crippen LogP contribution >= 0.6 is 0 Å². The van der Waals surface area contributed by atoms with Crippen molar-refractivity contribution >= 4 is 34.1 Å². The van der Waals surface area contributed by atoms with Crippen molar-refractivity contribution < 1.29 is 9.47 Å². The van der Waals surface area contributed by atoms with Crippen LogP contribution in [-0.4, -0.2) is 24.1 Å². The van der Waals surface area contributed by atoms with Crippen LogP contribution in [0.15, 0.2) is 53.5 Å². The van der Waals surface area contributed by atoms with Gasteiger partial charge in [0.1, 0.15) is 0 Å². The molecule has 0 amide bonds. The van der Waals surface area contributed by atoms with Crippen molar-refractivity contribution in [1.82, 2.24) is 4.98 Å². The van der Waals surface area contributed by atoms with Crippen LogP contribution in [-0.2, 0) is 4.74 Å². The Morgan fingerprint density at radius 2 is 1.72 bits per heavy atom. The highest BCUT2D eigenvalue weighted by Gasteiger charge is 2.23. The molecular weight excluding hydrogens is 312 g/mol. The summed E-state index contributed by atoms with van der Waals surface area (Å²) in [6.07, 6.45) is 2.12. The molecule has 0 atom stereocenters. The molecule has 0 spiro atoms. The van der Waals surface area contributed by atoms with Crippen LogP contribution in [0.5, 0.6) is 5.88 Å². The molecule has 126 valence electrons. The lowest BCUT2D eigenvalue weighted by Gasteiger charge is -2.07. The Morgan fingerprint density at radius 1 is 0.960 bits per heavy atom. The third kappa shape index (κ3) is 2.70. The van der Waals surface area contributed by atoms with E-state index in [9.17, 15) is 0 Å². The minimum absolute atomic E-state index is 0.580. The van der Waals surface area contributed by atoms with Gasteiger partial charge in [0.05, 0.1) is 18.9 Å². The van der Waals surface area contributed by atoms with Gasteiger partial charge in [-0.05, 0) is 32.1 Å². The van der Waals surface area contributed by atoms with Crippen molar-refractivity contribution in [3.8, 4) is 5.88 Å². The van der Waals surface area contributed by atoms with E-state index in [0.717, 1.165) is 39.2 Å². The van der Waals surface area contributed by atoms with Gasteiger partial charge < -0.3 is 14.5 Å². The molecule has 0 fully saturated rings. The fraction of sp³-hybridized carbons (Fsp3) is 0.190. The quantitative estimate of drug-likeness (QED) is 0.715. The van der Waals surface area contributed by atoms with Crippen LogP contribution in [0.1, 0.15) is 25.0 Å². The highest BCUT2D eigenvalue weighted by Crippen LogP contribution is 2.39. The van der Waals surface area contributed by atoms with E-state index >= 15 is 0 Å². The molecule has 0 aliphatic carbocycles. The molecule has 25 heavy (non-hydrogen) atoms. The molecule has 4 heteroatoms. The number of hydrogen-bond acceptors (Lipinski definition) is 3. The normalized spacial score (nSPS) is 14.6. The van der Waals surface area contributed by atoms with Gasteiger partial charge in [0.25, 0.3) is 0 Å². The van der Waals surface area contributed by atoms with Crippen LogP contribution in [0.25, 0.3) is 22.6 Å². The van der Waals surface area contributed by atoms with E-state index in [2.05, 4.69) is 34.3 Å². The Bertz CT molecular complexity index is 982. The van der Waals surface area contributed by atoms with Gasteiger partial charge in [-0.2, -0.15) is 0 Å². The number of ether oxygens (including phenoxy) is 2. The molecule has 4 nitrogen and oxygen atoms in total. The van der Waals surface area contributed by atoms with Crippen LogP contribution in [0.2, 0.25) is 0 Å². The number of fused-ring (bicyclic) bond motifs is 2. The molecular formula is C21H20N2O2. The number of aromatic amines is 1. The van der Waals surface area contributed by atoms with E-state index in [-0.39, 0.29) is 0 Å². The van der Waals surface area contributed by atoms with Crippen LogP contribution in [0.4, 0.5) is 5.69 Å². The number of nitrogens with one attached hydrogen (secondary N) is 1. The third-order valence-electron chi connectivity index (χ3n) is 4.22. The van der Waals surface area contributed by atoms with E-state index in [1.165, 1.54) is 0 Å². The fourth-order valence-corrected chi connectivity index (χ4v) is 3.15. The first-order chi connectivity index (χ1) is 12.3. The van der Waals surface area contributed by atoms with Gasteiger partial charge in [-0.25, -0.2) is 4.99 Å². The minimum Gasteiger partial charge on any atom is -0.479 e. The summed E-state index contributed by atoms with van der Waals surface area (Å²) < 4.78 is 11.6. The van der Waals surface area contributed by atoms with Gasteiger partial charge in [-0.1, -0.05) is 36.4 Å². The summed E-state index contributed by atoms with van der Waals surface area (Å²) in [5.74, 6) is 1.44. The van der Waals surface area contributed by atoms with Gasteiger partial charge in [0.15, 0.2) is 5.88 Å². The number of H-pyrrole nitrogens is 1. The predicted molar refractivity (Wildman–Crippen MR) is 103 cm³/mol. The Hall–Kier alpha value is -3.01. The third-order valence-corrected chi connectivity index (χ3v) is 4.22. The number of aromatic nitrogens is 1. The summed E-state index contributed by atoms with van der Waals surface area (Å²) in [5, 5.41) is 1.12. The SMILES string of the molecule is CCOC1=Nc2ccccc2/C1=C\c1c(OCC)[nH]c2ccccc12. The number of hydrogen-bond donors (Lipinski definition) is 1. The Morgan fingerprint density at radius 3 is 2.56 bits per heavy atom. The zero-order valence-electron chi connectivity index (χ0n) is 14.4. The molecule has 2 heterocycles. The molecule has 3 aromatic rings. The predicted octanol–water partition coefficient (Wildman–Crippen LogP) is 5.19. The highest BCUT2D eigenvalue weighted by atomic mass is 16.5. The summed E-state index contributed by atoms with van der Waals surface area (Å²) >= 11 is 0. The first kappa shape index (κ1) is 15.5. The van der Waals surface area contributed by atoms with Gasteiger partial charge in [0, 0.05) is 27.6 Å². The molecule has 4 rings (SSSR count). The van der Waals surface area contributed by atoms with Crippen molar-refractivity contribution in [3.05, 3.63) is 59.7 Å². The standard InChI is InChI=1S/C21H20N2O2/c1-3-24-20-16(14-9-5-7-11-18(14)22-20)13-17-15-10-6-8-12-19(15)23-21(17)25-4-2/h5-13,22H,3-4H2,1-2H3/b17-13+. The summed E-state index contributed by atoms with van der Waals surface area (Å²) in [6.45, 7) is 5.14. The fourth-order valence-electron chi connectivity index (χ4n) is 3.15. The second-order valence-corrected chi connectivity index (χ2v) is 5.77. The van der Waals surface area contributed by atoms with Crippen molar-refractivity contribution in [2.45, 2.75) is 13.8 Å². The molecule has 1 aromatic heterocycles. The Labute approximate surface area is 146 Å². The topological polar surface area (TPSA) is 46.6 Å². The number of benzene rings is 2. The maximum Gasteiger partial charge on any atom is 0.222 e. The molecule has 0 saturated heterocycles. The second kappa shape index (κ2) is 6.48. The van der Waals surface area contributed by atoms with Crippen LogP contribution in [0, 0.1) is 0 Å². The van der Waals surface area contributed by atoms with Crippen molar-refractivity contribution in [1.29, 1.82) is 0 Å². The molecule has 2 aromatic carbocycles. The minimum atomic E-state index is 0.580. The number of rotatable bonds is 4. The summed E-state index contributed by atoms with van der Waals surface area (Å²) in [4.78, 5) is 8.00. The van der Waals surface area contributed by atoms with Gasteiger partial charge in [0.2, 0.25) is 5.90 Å². The zero-order valence-corrected chi connectivity index (χ0v) is 14.4. The van der Waals surface area contributed by atoms with E-state index in [1.54, 1.807) is 0 Å². The summed E-state index contributed by atoms with van der Waals surface area (Å²) in [6, 6.07) is 16.3. The van der Waals surface area contributed by atoms with Gasteiger partial charge in [-0.15, -0.1) is 0 Å². The van der Waals surface area contributed by atoms with Gasteiger partial charge >= 0.3 is 0 Å². The van der Waals surface area contributed by atoms with Crippen molar-refractivity contribution in [3.63, 3.8) is 0 Å². The lowest BCUT2D eigenvalue weighted by atomic mass is 10.0. The van der Waals surface area contributed by atoms with Gasteiger partial charge in [-0.3, -0.25) is 0 Å². The van der Waals surface area contributed by atoms with Crippen LogP contribution < -0.4 is 4.74 Å². The van der Waals surface area contributed by atoms with Crippen molar-refractivity contribution in [2.75, 3.05) is 13.2 Å². The van der Waals surface area contributed by atoms with E-state index in [1.807, 2.05) is 44.2 Å². The van der Waals surface area contributed by atoms with E-state index in [0.29, 0.717) is 19.1 Å². The summed E-state index contributed by atoms with van der Waals surface area (Å²) in [5.41, 5.74) is 5.09. The molecule has 0 radical (unpaired) electrons. The first-order valence-electron chi connectivity index (χ1n) is 8.58. The summed E-state index contributed by atoms with van der Waals surface area (Å²) in [7, 11) is 0. The number of para-hydroxylation sites is 2. The lowest BCUT2D eigenvalue weighted by Crippen LogP contribution is -2.03. The smallest absolute Gasteiger partial charge is 0.222 e. The lowest BCUT2D eigenvalue weighted by molar-refractivity contribution is 0.329. The average Bonchev–Trinajstić information content (AvgIpc) is 3.15. The Balaban J connectivity index is 1.91.